The molecule has 0 unspecified atom stereocenters. The molecule has 0 bridgehead atoms. The number of carbonyl (C=O) groups is 2. The minimum atomic E-state index is -0.344. The normalized spacial score (nSPS) is 14.4. The van der Waals surface area contributed by atoms with Crippen molar-refractivity contribution in [3.05, 3.63) is 158 Å². The van der Waals surface area contributed by atoms with Crippen molar-refractivity contribution in [1.82, 2.24) is 29.9 Å². The van der Waals surface area contributed by atoms with Gasteiger partial charge in [-0.25, -0.2) is 29.9 Å². The Kier molecular flexibility index (Phi) is 13.9. The molecule has 1 aliphatic rings. The largest absolute Gasteiger partial charge is 0.507 e. The first kappa shape index (κ1) is 44.7. The van der Waals surface area contributed by atoms with E-state index in [0.717, 1.165) is 22.3 Å². The first-order chi connectivity index (χ1) is 33.3. The van der Waals surface area contributed by atoms with E-state index in [2.05, 4.69) is 19.9 Å². The molecule has 8 aromatic rings. The quantitative estimate of drug-likeness (QED) is 0.0688. The van der Waals surface area contributed by atoms with Crippen LogP contribution in [0.2, 0.25) is 0 Å². The van der Waals surface area contributed by atoms with Crippen LogP contribution in [-0.4, -0.2) is 78.5 Å². The van der Waals surface area contributed by atoms with E-state index >= 15 is 0 Å². The van der Waals surface area contributed by atoms with Crippen LogP contribution in [0.15, 0.2) is 158 Å². The van der Waals surface area contributed by atoms with Crippen LogP contribution < -0.4 is 9.47 Å². The van der Waals surface area contributed by atoms with Gasteiger partial charge in [-0.05, 0) is 49.9 Å². The van der Waals surface area contributed by atoms with Gasteiger partial charge in [-0.3, -0.25) is 9.59 Å². The number of esters is 2. The lowest BCUT2D eigenvalue weighted by molar-refractivity contribution is -0.155. The SMILES string of the molecule is O=C(OCCOc1ccc(-c2nc(-c3ccccc3)nc(-c3ccccc3)n2)c(O)c1)C1CCC(C(=O)OCCOc2ccc(-c3nc(-c4ccccc4)nc(-c4ccccc4)n3)c(O)c2)CC1. The Morgan fingerprint density at radius 1 is 0.397 bits per heavy atom. The minimum Gasteiger partial charge on any atom is -0.507 e. The summed E-state index contributed by atoms with van der Waals surface area (Å²) in [6, 6.07) is 48.0. The Balaban J connectivity index is 0.712. The van der Waals surface area contributed by atoms with Gasteiger partial charge in [-0.2, -0.15) is 0 Å². The number of rotatable bonds is 16. The Bertz CT molecular complexity index is 2670. The average molecular weight is 907 g/mol. The second-order valence-corrected chi connectivity index (χ2v) is 16.0. The van der Waals surface area contributed by atoms with E-state index in [1.165, 1.54) is 12.1 Å². The molecule has 1 aliphatic carbocycles. The molecule has 9 rings (SSSR count). The molecule has 0 aliphatic heterocycles. The molecule has 1 saturated carbocycles. The van der Waals surface area contributed by atoms with Crippen LogP contribution in [0.4, 0.5) is 0 Å². The van der Waals surface area contributed by atoms with E-state index in [-0.39, 0.29) is 61.7 Å². The number of benzene rings is 6. The lowest BCUT2D eigenvalue weighted by Crippen LogP contribution is -2.29. The zero-order valence-electron chi connectivity index (χ0n) is 36.8. The van der Waals surface area contributed by atoms with Crippen molar-refractivity contribution in [1.29, 1.82) is 0 Å². The van der Waals surface area contributed by atoms with E-state index in [1.54, 1.807) is 24.3 Å². The predicted molar refractivity (Wildman–Crippen MR) is 254 cm³/mol. The third-order valence-electron chi connectivity index (χ3n) is 11.4. The second kappa shape index (κ2) is 21.2. The van der Waals surface area contributed by atoms with Crippen LogP contribution in [-0.2, 0) is 19.1 Å². The number of phenols is 2. The standard InChI is InChI=1S/C54H46N6O8/c61-45-33-41(25-27-43(45)51-57-47(35-13-5-1-6-14-35)55-48(58-51)36-15-7-2-8-16-36)65-29-31-67-53(63)39-21-23-40(24-22-39)54(64)68-32-30-66-42-26-28-44(46(62)34-42)52-59-49(37-17-9-3-10-18-37)56-50(60-52)38-19-11-4-12-20-38/h1-20,25-28,33-34,39-40,61-62H,21-24,29-32H2. The number of ether oxygens (including phenoxy) is 4. The third-order valence-corrected chi connectivity index (χ3v) is 11.4. The van der Waals surface area contributed by atoms with E-state index in [1.807, 2.05) is 121 Å². The van der Waals surface area contributed by atoms with Gasteiger partial charge in [0.15, 0.2) is 34.9 Å². The molecule has 6 aromatic carbocycles. The summed E-state index contributed by atoms with van der Waals surface area (Å²) in [5.41, 5.74) is 4.07. The van der Waals surface area contributed by atoms with Crippen molar-refractivity contribution in [3.8, 4) is 91.3 Å². The highest BCUT2D eigenvalue weighted by molar-refractivity contribution is 5.76. The molecule has 2 aromatic heterocycles. The molecule has 14 nitrogen and oxygen atoms in total. The molecule has 2 N–H and O–H groups in total. The van der Waals surface area contributed by atoms with Crippen LogP contribution >= 0.6 is 0 Å². The summed E-state index contributed by atoms with van der Waals surface area (Å²) < 4.78 is 22.7. The molecule has 0 saturated heterocycles. The smallest absolute Gasteiger partial charge is 0.309 e. The summed E-state index contributed by atoms with van der Waals surface area (Å²) in [7, 11) is 0. The Hall–Kier alpha value is -8.52. The van der Waals surface area contributed by atoms with Crippen LogP contribution in [0.25, 0.3) is 68.3 Å². The summed E-state index contributed by atoms with van der Waals surface area (Å²) in [4.78, 5) is 53.9. The number of aromatic nitrogens is 6. The molecular weight excluding hydrogens is 861 g/mol. The Labute approximate surface area is 392 Å². The first-order valence-corrected chi connectivity index (χ1v) is 22.3. The number of hydrogen-bond acceptors (Lipinski definition) is 14. The maximum absolute atomic E-state index is 12.9. The van der Waals surface area contributed by atoms with E-state index in [0.29, 0.717) is 83.3 Å². The fourth-order valence-electron chi connectivity index (χ4n) is 7.84. The predicted octanol–water partition coefficient (Wildman–Crippen LogP) is 9.82. The van der Waals surface area contributed by atoms with Gasteiger partial charge in [0.05, 0.1) is 23.0 Å². The van der Waals surface area contributed by atoms with Crippen molar-refractivity contribution in [3.63, 3.8) is 0 Å². The number of nitrogens with zero attached hydrogens (tertiary/aromatic N) is 6. The summed E-state index contributed by atoms with van der Waals surface area (Å²) in [5.74, 6) is 1.77. The monoisotopic (exact) mass is 906 g/mol. The molecule has 0 atom stereocenters. The minimum absolute atomic E-state index is 0.0139. The molecule has 68 heavy (non-hydrogen) atoms. The van der Waals surface area contributed by atoms with Crippen LogP contribution in [0.3, 0.4) is 0 Å². The molecule has 0 spiro atoms. The van der Waals surface area contributed by atoms with Crippen LogP contribution in [0.1, 0.15) is 25.7 Å². The number of carbonyl (C=O) groups excluding carboxylic acids is 2. The molecule has 340 valence electrons. The zero-order valence-corrected chi connectivity index (χ0v) is 36.8. The third kappa shape index (κ3) is 10.9. The Morgan fingerprint density at radius 2 is 0.691 bits per heavy atom. The second-order valence-electron chi connectivity index (χ2n) is 16.0. The summed E-state index contributed by atoms with van der Waals surface area (Å²) in [6.45, 7) is 0.176. The van der Waals surface area contributed by atoms with E-state index in [4.69, 9.17) is 28.9 Å². The van der Waals surface area contributed by atoms with Gasteiger partial charge in [0.25, 0.3) is 0 Å². The van der Waals surface area contributed by atoms with Gasteiger partial charge < -0.3 is 29.2 Å². The molecule has 0 radical (unpaired) electrons. The highest BCUT2D eigenvalue weighted by Crippen LogP contribution is 2.35. The van der Waals surface area contributed by atoms with Crippen molar-refractivity contribution in [2.24, 2.45) is 11.8 Å². The van der Waals surface area contributed by atoms with E-state index in [9.17, 15) is 19.8 Å². The van der Waals surface area contributed by atoms with Gasteiger partial charge in [0.1, 0.15) is 49.4 Å². The number of phenolic OH excluding ortho intramolecular Hbond substituents is 2. The lowest BCUT2D eigenvalue weighted by Gasteiger charge is -2.26. The zero-order chi connectivity index (χ0) is 46.7. The van der Waals surface area contributed by atoms with Crippen LogP contribution in [0.5, 0.6) is 23.0 Å². The van der Waals surface area contributed by atoms with Crippen molar-refractivity contribution in [2.75, 3.05) is 26.4 Å². The van der Waals surface area contributed by atoms with Gasteiger partial charge in [0.2, 0.25) is 0 Å². The number of hydrogen-bond donors (Lipinski definition) is 2. The van der Waals surface area contributed by atoms with Gasteiger partial charge in [-0.15, -0.1) is 0 Å². The van der Waals surface area contributed by atoms with Gasteiger partial charge >= 0.3 is 11.9 Å². The maximum atomic E-state index is 12.9. The topological polar surface area (TPSA) is 189 Å². The summed E-state index contributed by atoms with van der Waals surface area (Å²) in [5, 5.41) is 22.1. The fourth-order valence-corrected chi connectivity index (χ4v) is 7.84. The fraction of sp³-hybridized carbons (Fsp3) is 0.185. The molecule has 14 heteroatoms. The highest BCUT2D eigenvalue weighted by Gasteiger charge is 2.32. The summed E-state index contributed by atoms with van der Waals surface area (Å²) in [6.07, 6.45) is 1.97. The van der Waals surface area contributed by atoms with Gasteiger partial charge in [-0.1, -0.05) is 121 Å². The molecular formula is C54H46N6O8. The van der Waals surface area contributed by atoms with Gasteiger partial charge in [0, 0.05) is 34.4 Å². The Morgan fingerprint density at radius 3 is 0.985 bits per heavy atom. The van der Waals surface area contributed by atoms with Crippen molar-refractivity contribution < 1.29 is 38.7 Å². The lowest BCUT2D eigenvalue weighted by atomic mass is 9.82. The molecule has 2 heterocycles. The molecule has 1 fully saturated rings. The van der Waals surface area contributed by atoms with Crippen molar-refractivity contribution in [2.45, 2.75) is 25.7 Å². The average Bonchev–Trinajstić information content (AvgIpc) is 3.39. The maximum Gasteiger partial charge on any atom is 0.309 e. The van der Waals surface area contributed by atoms with Crippen molar-refractivity contribution >= 4 is 11.9 Å². The van der Waals surface area contributed by atoms with Crippen LogP contribution in [0, 0.1) is 11.8 Å². The summed E-state index contributed by atoms with van der Waals surface area (Å²) >= 11 is 0. The molecule has 0 amide bonds. The number of aromatic hydroxyl groups is 2. The van der Waals surface area contributed by atoms with E-state index < -0.39 is 0 Å². The first-order valence-electron chi connectivity index (χ1n) is 22.3. The highest BCUT2D eigenvalue weighted by atomic mass is 16.6.